The molecule has 2 aromatic rings. The van der Waals surface area contributed by atoms with E-state index in [2.05, 4.69) is 5.43 Å². The first-order chi connectivity index (χ1) is 8.24. The van der Waals surface area contributed by atoms with Crippen LogP contribution in [-0.4, -0.2) is 7.11 Å². The molecule has 0 spiro atoms. The van der Waals surface area contributed by atoms with Crippen molar-refractivity contribution in [3.63, 3.8) is 0 Å². The molecule has 0 saturated heterocycles. The van der Waals surface area contributed by atoms with Gasteiger partial charge in [0.05, 0.1) is 13.2 Å². The Bertz CT molecular complexity index is 484. The van der Waals surface area contributed by atoms with Gasteiger partial charge in [-0.25, -0.2) is 5.43 Å². The molecule has 0 bridgehead atoms. The smallest absolute Gasteiger partial charge is 0.129 e. The fraction of sp³-hybridized carbons (Fsp3) is 0.167. The summed E-state index contributed by atoms with van der Waals surface area (Å²) in [5, 5.41) is 2.67. The second-order valence-electron chi connectivity index (χ2n) is 3.54. The topological polar surface area (TPSA) is 47.3 Å². The van der Waals surface area contributed by atoms with Crippen LogP contribution >= 0.6 is 22.9 Å². The zero-order valence-electron chi connectivity index (χ0n) is 9.31. The second-order valence-corrected chi connectivity index (χ2v) is 4.92. The average Bonchev–Trinajstić information content (AvgIpc) is 2.81. The second kappa shape index (κ2) is 5.51. The summed E-state index contributed by atoms with van der Waals surface area (Å²) in [4.78, 5) is 1.10. The van der Waals surface area contributed by atoms with Crippen LogP contribution in [-0.2, 0) is 0 Å². The molecule has 1 heterocycles. The summed E-state index contributed by atoms with van der Waals surface area (Å²) in [7, 11) is 1.65. The first-order valence-electron chi connectivity index (χ1n) is 5.08. The van der Waals surface area contributed by atoms with Crippen molar-refractivity contribution in [1.29, 1.82) is 0 Å². The molecular formula is C12H13ClN2OS. The molecule has 5 heteroatoms. The summed E-state index contributed by atoms with van der Waals surface area (Å²) >= 11 is 7.47. The molecule has 3 N–H and O–H groups in total. The Morgan fingerprint density at radius 1 is 1.35 bits per heavy atom. The van der Waals surface area contributed by atoms with E-state index in [1.807, 2.05) is 35.7 Å². The van der Waals surface area contributed by atoms with Crippen molar-refractivity contribution in [1.82, 2.24) is 5.43 Å². The standard InChI is InChI=1S/C12H13ClN2OS/c1-16-10-6-11(17-7-10)12(15-14)8-2-4-9(13)5-3-8/h2-7,12,15H,14H2,1H3. The minimum Gasteiger partial charge on any atom is -0.496 e. The van der Waals surface area contributed by atoms with E-state index in [0.29, 0.717) is 5.02 Å². The van der Waals surface area contributed by atoms with Gasteiger partial charge in [0.15, 0.2) is 0 Å². The first kappa shape index (κ1) is 12.4. The SMILES string of the molecule is COc1csc(C(NN)c2ccc(Cl)cc2)c1. The molecule has 1 aromatic heterocycles. The molecule has 3 nitrogen and oxygen atoms in total. The first-order valence-corrected chi connectivity index (χ1v) is 6.34. The number of nitrogens with two attached hydrogens (primary N) is 1. The van der Waals surface area contributed by atoms with Gasteiger partial charge in [-0.15, -0.1) is 11.3 Å². The molecule has 0 aliphatic rings. The lowest BCUT2D eigenvalue weighted by molar-refractivity contribution is 0.416. The van der Waals surface area contributed by atoms with Crippen LogP contribution in [0.3, 0.4) is 0 Å². The van der Waals surface area contributed by atoms with Crippen LogP contribution in [0.2, 0.25) is 5.02 Å². The van der Waals surface area contributed by atoms with E-state index in [4.69, 9.17) is 22.2 Å². The third-order valence-electron chi connectivity index (χ3n) is 2.49. The number of hydrogen-bond acceptors (Lipinski definition) is 4. The van der Waals surface area contributed by atoms with E-state index in [-0.39, 0.29) is 6.04 Å². The quantitative estimate of drug-likeness (QED) is 0.662. The zero-order valence-corrected chi connectivity index (χ0v) is 10.9. The summed E-state index contributed by atoms with van der Waals surface area (Å²) < 4.78 is 5.17. The predicted molar refractivity (Wildman–Crippen MR) is 71.5 cm³/mol. The Morgan fingerprint density at radius 3 is 2.59 bits per heavy atom. The van der Waals surface area contributed by atoms with E-state index < -0.39 is 0 Å². The van der Waals surface area contributed by atoms with Gasteiger partial charge in [-0.05, 0) is 23.8 Å². The molecule has 0 radical (unpaired) electrons. The number of thiophene rings is 1. The van der Waals surface area contributed by atoms with Gasteiger partial charge in [-0.1, -0.05) is 23.7 Å². The number of ether oxygens (including phenoxy) is 1. The Morgan fingerprint density at radius 2 is 2.06 bits per heavy atom. The maximum Gasteiger partial charge on any atom is 0.129 e. The van der Waals surface area contributed by atoms with E-state index in [9.17, 15) is 0 Å². The lowest BCUT2D eigenvalue weighted by atomic mass is 10.1. The molecule has 90 valence electrons. The van der Waals surface area contributed by atoms with Crippen molar-refractivity contribution in [3.8, 4) is 5.75 Å². The maximum atomic E-state index is 5.86. The largest absolute Gasteiger partial charge is 0.496 e. The molecule has 1 atom stereocenters. The average molecular weight is 269 g/mol. The third-order valence-corrected chi connectivity index (χ3v) is 3.71. The molecular weight excluding hydrogens is 256 g/mol. The molecule has 0 aliphatic heterocycles. The van der Waals surface area contributed by atoms with Gasteiger partial charge in [0.2, 0.25) is 0 Å². The van der Waals surface area contributed by atoms with Crippen molar-refractivity contribution in [2.24, 2.45) is 5.84 Å². The molecule has 0 aliphatic carbocycles. The van der Waals surface area contributed by atoms with Crippen LogP contribution in [0.15, 0.2) is 35.7 Å². The molecule has 1 unspecified atom stereocenters. The number of rotatable bonds is 4. The van der Waals surface area contributed by atoms with E-state index in [1.54, 1.807) is 18.4 Å². The summed E-state index contributed by atoms with van der Waals surface area (Å²) in [6.07, 6.45) is 0. The minimum atomic E-state index is -0.0406. The Hall–Kier alpha value is -1.07. The van der Waals surface area contributed by atoms with Gasteiger partial charge >= 0.3 is 0 Å². The molecule has 0 amide bonds. The molecule has 17 heavy (non-hydrogen) atoms. The summed E-state index contributed by atoms with van der Waals surface area (Å²) in [6, 6.07) is 9.56. The Kier molecular flexibility index (Phi) is 4.02. The van der Waals surface area contributed by atoms with Crippen molar-refractivity contribution in [3.05, 3.63) is 51.2 Å². The minimum absolute atomic E-state index is 0.0406. The summed E-state index contributed by atoms with van der Waals surface area (Å²) in [5.41, 5.74) is 3.87. The van der Waals surface area contributed by atoms with Crippen LogP contribution in [0.4, 0.5) is 0 Å². The van der Waals surface area contributed by atoms with Gasteiger partial charge in [0.1, 0.15) is 5.75 Å². The third kappa shape index (κ3) is 2.79. The number of halogens is 1. The highest BCUT2D eigenvalue weighted by Gasteiger charge is 2.14. The van der Waals surface area contributed by atoms with Crippen molar-refractivity contribution in [2.75, 3.05) is 7.11 Å². The normalized spacial score (nSPS) is 12.4. The molecule has 0 fully saturated rings. The highest BCUT2D eigenvalue weighted by molar-refractivity contribution is 7.10. The Labute approximate surface area is 109 Å². The van der Waals surface area contributed by atoms with Gasteiger partial charge in [0.25, 0.3) is 0 Å². The fourth-order valence-electron chi connectivity index (χ4n) is 1.59. The molecule has 0 saturated carbocycles. The van der Waals surface area contributed by atoms with Gasteiger partial charge in [-0.3, -0.25) is 5.84 Å². The lowest BCUT2D eigenvalue weighted by Gasteiger charge is -2.14. The van der Waals surface area contributed by atoms with Crippen molar-refractivity contribution < 1.29 is 4.74 Å². The van der Waals surface area contributed by atoms with Crippen molar-refractivity contribution >= 4 is 22.9 Å². The summed E-state index contributed by atoms with van der Waals surface area (Å²) in [5.74, 6) is 6.45. The van der Waals surface area contributed by atoms with Crippen LogP contribution in [0.5, 0.6) is 5.75 Å². The molecule has 1 aromatic carbocycles. The fourth-order valence-corrected chi connectivity index (χ4v) is 2.66. The zero-order chi connectivity index (χ0) is 12.3. The van der Waals surface area contributed by atoms with Crippen LogP contribution in [0.1, 0.15) is 16.5 Å². The van der Waals surface area contributed by atoms with Crippen LogP contribution in [0, 0.1) is 0 Å². The predicted octanol–water partition coefficient (Wildman–Crippen LogP) is 2.96. The van der Waals surface area contributed by atoms with Gasteiger partial charge in [0, 0.05) is 15.3 Å². The number of methoxy groups -OCH3 is 1. The number of hydrogen-bond donors (Lipinski definition) is 2. The monoisotopic (exact) mass is 268 g/mol. The van der Waals surface area contributed by atoms with Gasteiger partial charge in [-0.2, -0.15) is 0 Å². The Balaban J connectivity index is 2.29. The number of hydrazine groups is 1. The van der Waals surface area contributed by atoms with Gasteiger partial charge < -0.3 is 4.74 Å². The lowest BCUT2D eigenvalue weighted by Crippen LogP contribution is -2.28. The highest BCUT2D eigenvalue weighted by Crippen LogP contribution is 2.30. The van der Waals surface area contributed by atoms with E-state index >= 15 is 0 Å². The van der Waals surface area contributed by atoms with Crippen LogP contribution < -0.4 is 16.0 Å². The summed E-state index contributed by atoms with van der Waals surface area (Å²) in [6.45, 7) is 0. The maximum absolute atomic E-state index is 5.86. The van der Waals surface area contributed by atoms with Crippen LogP contribution in [0.25, 0.3) is 0 Å². The van der Waals surface area contributed by atoms with E-state index in [1.165, 1.54) is 0 Å². The van der Waals surface area contributed by atoms with E-state index in [0.717, 1.165) is 16.2 Å². The molecule has 2 rings (SSSR count). The number of nitrogens with one attached hydrogen (secondary N) is 1. The highest BCUT2D eigenvalue weighted by atomic mass is 35.5. The van der Waals surface area contributed by atoms with Crippen molar-refractivity contribution in [2.45, 2.75) is 6.04 Å². The number of benzene rings is 1.